The van der Waals surface area contributed by atoms with Crippen molar-refractivity contribution in [1.82, 2.24) is 10.3 Å². The van der Waals surface area contributed by atoms with E-state index in [1.54, 1.807) is 48.7 Å². The van der Waals surface area contributed by atoms with E-state index in [-0.39, 0.29) is 13.2 Å². The summed E-state index contributed by atoms with van der Waals surface area (Å²) >= 11 is 0. The van der Waals surface area contributed by atoms with Crippen molar-refractivity contribution in [2.24, 2.45) is 0 Å². The maximum Gasteiger partial charge on any atom is 0.326 e. The third kappa shape index (κ3) is 4.56. The van der Waals surface area contributed by atoms with Crippen LogP contribution >= 0.6 is 0 Å². The molecule has 0 unspecified atom stereocenters. The first kappa shape index (κ1) is 22.5. The predicted octanol–water partition coefficient (Wildman–Crippen LogP) is 3.53. The van der Waals surface area contributed by atoms with Crippen molar-refractivity contribution in [3.05, 3.63) is 95.7 Å². The van der Waals surface area contributed by atoms with Gasteiger partial charge in [0.1, 0.15) is 6.04 Å². The normalized spacial score (nSPS) is 14.9. The van der Waals surface area contributed by atoms with Crippen LogP contribution in [-0.2, 0) is 16.0 Å². The van der Waals surface area contributed by atoms with Crippen molar-refractivity contribution in [1.29, 1.82) is 0 Å². The van der Waals surface area contributed by atoms with Crippen LogP contribution < -0.4 is 14.8 Å². The molecule has 3 atom stereocenters. The molecule has 8 nitrogen and oxygen atoms in total. The Morgan fingerprint density at radius 2 is 1.69 bits per heavy atom. The van der Waals surface area contributed by atoms with E-state index in [0.29, 0.717) is 22.6 Å². The highest BCUT2D eigenvalue weighted by atomic mass is 16.7. The van der Waals surface area contributed by atoms with Gasteiger partial charge in [-0.1, -0.05) is 54.6 Å². The Kier molecular flexibility index (Phi) is 6.12. The lowest BCUT2D eigenvalue weighted by molar-refractivity contribution is -0.142. The Morgan fingerprint density at radius 1 is 0.943 bits per heavy atom. The number of aliphatic hydroxyl groups excluding tert-OH is 1. The number of benzene rings is 3. The topological polar surface area (TPSA) is 121 Å². The van der Waals surface area contributed by atoms with Gasteiger partial charge in [-0.25, -0.2) is 4.79 Å². The summed E-state index contributed by atoms with van der Waals surface area (Å²) in [6.45, 7) is 0.0720. The molecule has 0 bridgehead atoms. The van der Waals surface area contributed by atoms with Gasteiger partial charge in [-0.2, -0.15) is 0 Å². The molecule has 1 aliphatic heterocycles. The van der Waals surface area contributed by atoms with Crippen LogP contribution in [0.5, 0.6) is 11.5 Å². The average molecular weight is 472 g/mol. The van der Waals surface area contributed by atoms with Crippen LogP contribution in [0.1, 0.15) is 28.7 Å². The Bertz CT molecular complexity index is 1370. The van der Waals surface area contributed by atoms with E-state index >= 15 is 0 Å². The molecule has 1 aromatic heterocycles. The summed E-state index contributed by atoms with van der Waals surface area (Å²) in [5.74, 6) is -1.83. The molecule has 4 N–H and O–H groups in total. The highest BCUT2D eigenvalue weighted by Gasteiger charge is 2.34. The second-order valence-electron chi connectivity index (χ2n) is 8.41. The quantitative estimate of drug-likeness (QED) is 0.311. The zero-order valence-corrected chi connectivity index (χ0v) is 18.7. The molecule has 1 amide bonds. The number of ether oxygens (including phenoxy) is 2. The Labute approximate surface area is 201 Å². The van der Waals surface area contributed by atoms with Crippen molar-refractivity contribution >= 4 is 22.8 Å². The number of aromatic amines is 1. The van der Waals surface area contributed by atoms with Gasteiger partial charge in [0, 0.05) is 23.5 Å². The summed E-state index contributed by atoms with van der Waals surface area (Å²) in [6, 6.07) is 20.2. The molecule has 2 heterocycles. The number of rotatable bonds is 8. The number of aliphatic hydroxyl groups is 1. The first-order valence-electron chi connectivity index (χ1n) is 11.2. The highest BCUT2D eigenvalue weighted by Crippen LogP contribution is 2.38. The summed E-state index contributed by atoms with van der Waals surface area (Å²) in [5, 5.41) is 24.7. The number of aliphatic carboxylic acids is 1. The predicted molar refractivity (Wildman–Crippen MR) is 128 cm³/mol. The average Bonchev–Trinajstić information content (AvgIpc) is 3.51. The molecule has 35 heavy (non-hydrogen) atoms. The van der Waals surface area contributed by atoms with Crippen molar-refractivity contribution in [2.75, 3.05) is 6.79 Å². The number of carbonyl (C=O) groups excluding carboxylic acids is 1. The van der Waals surface area contributed by atoms with Gasteiger partial charge in [-0.05, 0) is 34.9 Å². The summed E-state index contributed by atoms with van der Waals surface area (Å²) in [4.78, 5) is 28.8. The van der Waals surface area contributed by atoms with Crippen molar-refractivity contribution in [3.8, 4) is 11.5 Å². The summed E-state index contributed by atoms with van der Waals surface area (Å²) in [6.07, 6.45) is 0.625. The number of fused-ring (bicyclic) bond motifs is 2. The molecule has 3 aromatic carbocycles. The molecule has 0 fully saturated rings. The third-order valence-electron chi connectivity index (χ3n) is 6.21. The molecule has 0 aliphatic carbocycles. The van der Waals surface area contributed by atoms with E-state index < -0.39 is 29.9 Å². The zero-order valence-electron chi connectivity index (χ0n) is 18.7. The van der Waals surface area contributed by atoms with Gasteiger partial charge in [0.2, 0.25) is 12.7 Å². The number of carboxylic acid groups (broad SMARTS) is 1. The summed E-state index contributed by atoms with van der Waals surface area (Å²) < 4.78 is 10.8. The number of H-pyrrole nitrogens is 1. The lowest BCUT2D eigenvalue weighted by Crippen LogP contribution is -2.45. The number of carboxylic acids is 1. The largest absolute Gasteiger partial charge is 0.480 e. The first-order valence-corrected chi connectivity index (χ1v) is 11.2. The lowest BCUT2D eigenvalue weighted by atomic mass is 9.87. The fraction of sp³-hybridized carbons (Fsp3) is 0.185. The smallest absolute Gasteiger partial charge is 0.326 e. The standard InChI is InChI=1S/C27H24N2O6/c30-25(16-6-2-1-3-7-16)24(17-10-11-22-23(13-17)35-15-34-22)26(31)29-21(27(32)33)12-18-14-28-20-9-5-4-8-19(18)20/h1-11,13-14,21,24-25,28,30H,12,15H2,(H,29,31)(H,32,33)/t21-,24-,25-/m0/s1. The van der Waals surface area contributed by atoms with Gasteiger partial charge in [0.15, 0.2) is 11.5 Å². The molecule has 0 radical (unpaired) electrons. The molecule has 1 aliphatic rings. The highest BCUT2D eigenvalue weighted by molar-refractivity contribution is 5.90. The van der Waals surface area contributed by atoms with Gasteiger partial charge in [-0.15, -0.1) is 0 Å². The van der Waals surface area contributed by atoms with Crippen LogP contribution in [0.2, 0.25) is 0 Å². The van der Waals surface area contributed by atoms with Crippen molar-refractivity contribution in [2.45, 2.75) is 24.5 Å². The van der Waals surface area contributed by atoms with Crippen LogP contribution in [0.15, 0.2) is 79.0 Å². The molecule has 5 rings (SSSR count). The number of para-hydroxylation sites is 1. The second-order valence-corrected chi connectivity index (χ2v) is 8.41. The van der Waals surface area contributed by atoms with Crippen LogP contribution in [0.25, 0.3) is 10.9 Å². The van der Waals surface area contributed by atoms with Crippen molar-refractivity contribution in [3.63, 3.8) is 0 Å². The fourth-order valence-corrected chi connectivity index (χ4v) is 4.41. The van der Waals surface area contributed by atoms with E-state index in [9.17, 15) is 19.8 Å². The van der Waals surface area contributed by atoms with Gasteiger partial charge < -0.3 is 30.0 Å². The molecular formula is C27H24N2O6. The minimum Gasteiger partial charge on any atom is -0.480 e. The van der Waals surface area contributed by atoms with Crippen LogP contribution in [0.3, 0.4) is 0 Å². The second kappa shape index (κ2) is 9.52. The molecule has 0 spiro atoms. The molecule has 4 aromatic rings. The SMILES string of the molecule is O=C(O)[C@H](Cc1c[nH]c2ccccc12)NC(=O)[C@@H](c1ccc2c(c1)OCO2)[C@@H](O)c1ccccc1. The maximum atomic E-state index is 13.6. The maximum absolute atomic E-state index is 13.6. The van der Waals surface area contributed by atoms with Gasteiger partial charge in [0.25, 0.3) is 0 Å². The van der Waals surface area contributed by atoms with Crippen LogP contribution in [-0.4, -0.2) is 39.9 Å². The summed E-state index contributed by atoms with van der Waals surface area (Å²) in [5.41, 5.74) is 2.68. The van der Waals surface area contributed by atoms with Crippen molar-refractivity contribution < 1.29 is 29.3 Å². The Morgan fingerprint density at radius 3 is 2.49 bits per heavy atom. The number of nitrogens with one attached hydrogen (secondary N) is 2. The molecular weight excluding hydrogens is 448 g/mol. The number of amides is 1. The van der Waals surface area contributed by atoms with E-state index in [1.807, 2.05) is 30.3 Å². The van der Waals surface area contributed by atoms with Gasteiger partial charge in [0.05, 0.1) is 12.0 Å². The Hall–Kier alpha value is -4.30. The van der Waals surface area contributed by atoms with E-state index in [0.717, 1.165) is 16.5 Å². The number of carbonyl (C=O) groups is 2. The zero-order chi connectivity index (χ0) is 24.4. The third-order valence-corrected chi connectivity index (χ3v) is 6.21. The van der Waals surface area contributed by atoms with Crippen LogP contribution in [0, 0.1) is 0 Å². The fourth-order valence-electron chi connectivity index (χ4n) is 4.41. The van der Waals surface area contributed by atoms with Crippen LogP contribution in [0.4, 0.5) is 0 Å². The monoisotopic (exact) mass is 472 g/mol. The lowest BCUT2D eigenvalue weighted by Gasteiger charge is -2.25. The minimum absolute atomic E-state index is 0.0720. The van der Waals surface area contributed by atoms with E-state index in [1.165, 1.54) is 0 Å². The number of aromatic nitrogens is 1. The summed E-state index contributed by atoms with van der Waals surface area (Å²) in [7, 11) is 0. The first-order chi connectivity index (χ1) is 17.0. The molecule has 0 saturated heterocycles. The van der Waals surface area contributed by atoms with E-state index in [2.05, 4.69) is 10.3 Å². The molecule has 0 saturated carbocycles. The Balaban J connectivity index is 1.45. The molecule has 178 valence electrons. The van der Waals surface area contributed by atoms with Gasteiger partial charge in [-0.3, -0.25) is 4.79 Å². The number of hydrogen-bond donors (Lipinski definition) is 4. The number of hydrogen-bond acceptors (Lipinski definition) is 5. The minimum atomic E-state index is -1.21. The molecule has 8 heteroatoms. The van der Waals surface area contributed by atoms with Gasteiger partial charge >= 0.3 is 5.97 Å². The van der Waals surface area contributed by atoms with E-state index in [4.69, 9.17) is 9.47 Å².